The third-order valence-corrected chi connectivity index (χ3v) is 9.26. The molecule has 0 amide bonds. The van der Waals surface area contributed by atoms with E-state index in [0.29, 0.717) is 12.8 Å². The van der Waals surface area contributed by atoms with E-state index >= 15 is 0 Å². The van der Waals surface area contributed by atoms with Crippen molar-refractivity contribution in [2.45, 2.75) is 80.4 Å². The largest absolute Gasteiger partial charge is 0.412 e. The molecule has 3 aliphatic heterocycles. The first-order valence-electron chi connectivity index (χ1n) is 14.1. The molecule has 0 saturated carbocycles. The molecule has 3 heterocycles. The van der Waals surface area contributed by atoms with Crippen LogP contribution in [0.2, 0.25) is 0 Å². The van der Waals surface area contributed by atoms with E-state index in [1.54, 1.807) is 11.8 Å². The molecular formula is C31H44Cl2N2O3S. The van der Waals surface area contributed by atoms with Crippen LogP contribution in [0.3, 0.4) is 0 Å². The molecule has 2 N–H and O–H groups in total. The first-order valence-corrected chi connectivity index (χ1v) is 14.9. The highest BCUT2D eigenvalue weighted by Crippen LogP contribution is 2.40. The third kappa shape index (κ3) is 9.31. The van der Waals surface area contributed by atoms with E-state index in [1.165, 1.54) is 85.6 Å². The van der Waals surface area contributed by atoms with E-state index in [4.69, 9.17) is 0 Å². The van der Waals surface area contributed by atoms with Crippen LogP contribution in [0.15, 0.2) is 46.2 Å². The molecule has 3 aliphatic rings. The van der Waals surface area contributed by atoms with Crippen molar-refractivity contribution in [2.24, 2.45) is 0 Å². The number of benzene rings is 2. The molecular weight excluding hydrogens is 551 g/mol. The van der Waals surface area contributed by atoms with Gasteiger partial charge < -0.3 is 15.3 Å². The van der Waals surface area contributed by atoms with Gasteiger partial charge in [-0.25, -0.2) is 0 Å². The molecule has 5 nitrogen and oxygen atoms in total. The van der Waals surface area contributed by atoms with Gasteiger partial charge in [-0.2, -0.15) is 0 Å². The number of hydrogen-bond acceptors (Lipinski definition) is 5. The molecule has 2 fully saturated rings. The number of ketones is 2. The SMILES string of the molecule is Cl.Cl.O.O=C(CCCN1CCCCC1)c1ccc2c(c1)Cc1cc(C(=O)CCCN3CCCCC3)ccc1S2. The van der Waals surface area contributed by atoms with Gasteiger partial charge in [-0.1, -0.05) is 36.7 Å². The fourth-order valence-corrected chi connectivity index (χ4v) is 6.92. The molecule has 5 rings (SSSR count). The molecule has 0 aromatic heterocycles. The summed E-state index contributed by atoms with van der Waals surface area (Å²) in [5.74, 6) is 0.506. The highest BCUT2D eigenvalue weighted by Gasteiger charge is 2.20. The second-order valence-electron chi connectivity index (χ2n) is 10.8. The summed E-state index contributed by atoms with van der Waals surface area (Å²) < 4.78 is 0. The lowest BCUT2D eigenvalue weighted by Gasteiger charge is -2.26. The summed E-state index contributed by atoms with van der Waals surface area (Å²) in [6, 6.07) is 12.4. The minimum absolute atomic E-state index is 0. The maximum atomic E-state index is 12.9. The molecule has 39 heavy (non-hydrogen) atoms. The van der Waals surface area contributed by atoms with Gasteiger partial charge in [0.2, 0.25) is 0 Å². The van der Waals surface area contributed by atoms with Gasteiger partial charge in [0.1, 0.15) is 0 Å². The summed E-state index contributed by atoms with van der Waals surface area (Å²) in [4.78, 5) is 33.3. The van der Waals surface area contributed by atoms with Gasteiger partial charge in [0, 0.05) is 33.8 Å². The standard InChI is InChI=1S/C31H40N2O2S.2ClH.H2O/c34-28(9-7-19-32-15-3-1-4-16-32)24-11-13-30-26(21-24)23-27-22-25(12-14-31(27)36-30)29(35)10-8-20-33-17-5-2-6-18-33;;;/h11-14,21-22H,1-10,15-20,23H2;2*1H;1H2. The van der Waals surface area contributed by atoms with Gasteiger partial charge in [-0.15, -0.1) is 24.8 Å². The number of nitrogens with zero attached hydrogens (tertiary/aromatic N) is 2. The zero-order chi connectivity index (χ0) is 24.7. The van der Waals surface area contributed by atoms with E-state index in [0.717, 1.165) is 43.5 Å². The van der Waals surface area contributed by atoms with Crippen molar-refractivity contribution in [3.05, 3.63) is 58.7 Å². The highest BCUT2D eigenvalue weighted by molar-refractivity contribution is 7.99. The number of carbonyl (C=O) groups is 2. The van der Waals surface area contributed by atoms with Crippen molar-refractivity contribution >= 4 is 48.1 Å². The van der Waals surface area contributed by atoms with Gasteiger partial charge >= 0.3 is 0 Å². The number of rotatable bonds is 10. The molecule has 0 radical (unpaired) electrons. The predicted octanol–water partition coefficient (Wildman–Crippen LogP) is 6.66. The third-order valence-electron chi connectivity index (χ3n) is 8.02. The zero-order valence-corrected chi connectivity index (χ0v) is 25.4. The smallest absolute Gasteiger partial charge is 0.162 e. The average molecular weight is 596 g/mol. The van der Waals surface area contributed by atoms with Crippen LogP contribution in [0.1, 0.15) is 96.1 Å². The molecule has 0 aliphatic carbocycles. The van der Waals surface area contributed by atoms with Gasteiger partial charge in [0.05, 0.1) is 0 Å². The number of piperidine rings is 2. The number of carbonyl (C=O) groups excluding carboxylic acids is 2. The molecule has 216 valence electrons. The van der Waals surface area contributed by atoms with Gasteiger partial charge in [0.25, 0.3) is 0 Å². The van der Waals surface area contributed by atoms with Crippen LogP contribution in [0.5, 0.6) is 0 Å². The van der Waals surface area contributed by atoms with Crippen LogP contribution < -0.4 is 0 Å². The predicted molar refractivity (Wildman–Crippen MR) is 166 cm³/mol. The van der Waals surface area contributed by atoms with Gasteiger partial charge in [0.15, 0.2) is 11.6 Å². The van der Waals surface area contributed by atoms with Crippen molar-refractivity contribution in [2.75, 3.05) is 39.3 Å². The van der Waals surface area contributed by atoms with E-state index in [2.05, 4.69) is 34.1 Å². The van der Waals surface area contributed by atoms with Crippen LogP contribution in [-0.4, -0.2) is 66.1 Å². The number of fused-ring (bicyclic) bond motifs is 2. The molecule has 2 aromatic carbocycles. The normalized spacial score (nSPS) is 17.0. The average Bonchev–Trinajstić information content (AvgIpc) is 2.92. The fraction of sp³-hybridized carbons (Fsp3) is 0.548. The molecule has 0 bridgehead atoms. The van der Waals surface area contributed by atoms with Crippen LogP contribution in [0.4, 0.5) is 0 Å². The summed E-state index contributed by atoms with van der Waals surface area (Å²) in [5.41, 5.74) is 4.09. The summed E-state index contributed by atoms with van der Waals surface area (Å²) in [5, 5.41) is 0. The maximum Gasteiger partial charge on any atom is 0.162 e. The van der Waals surface area contributed by atoms with Crippen LogP contribution in [0.25, 0.3) is 0 Å². The Labute approximate surface area is 250 Å². The molecule has 2 saturated heterocycles. The van der Waals surface area contributed by atoms with Crippen LogP contribution >= 0.6 is 36.6 Å². The Balaban J connectivity index is 0.00000178. The fourth-order valence-electron chi connectivity index (χ4n) is 5.89. The lowest BCUT2D eigenvalue weighted by atomic mass is 9.96. The number of hydrogen-bond donors (Lipinski definition) is 0. The van der Waals surface area contributed by atoms with Crippen molar-refractivity contribution in [3.8, 4) is 0 Å². The second-order valence-corrected chi connectivity index (χ2v) is 11.9. The lowest BCUT2D eigenvalue weighted by molar-refractivity contribution is 0.0965. The number of likely N-dealkylation sites (tertiary alicyclic amines) is 2. The Morgan fingerprint density at radius 2 is 1.05 bits per heavy atom. The van der Waals surface area contributed by atoms with Gasteiger partial charge in [-0.3, -0.25) is 9.59 Å². The Kier molecular flexibility index (Phi) is 14.5. The first kappa shape index (κ1) is 33.8. The molecule has 0 unspecified atom stereocenters. The molecule has 2 aromatic rings. The summed E-state index contributed by atoms with van der Waals surface area (Å²) in [6.07, 6.45) is 11.8. The molecule has 0 atom stereocenters. The monoisotopic (exact) mass is 594 g/mol. The van der Waals surface area contributed by atoms with Crippen molar-refractivity contribution in [1.29, 1.82) is 0 Å². The lowest BCUT2D eigenvalue weighted by Crippen LogP contribution is -2.30. The minimum atomic E-state index is 0. The van der Waals surface area contributed by atoms with E-state index < -0.39 is 0 Å². The number of halogens is 2. The summed E-state index contributed by atoms with van der Waals surface area (Å²) in [6.45, 7) is 6.82. The maximum absolute atomic E-state index is 12.9. The van der Waals surface area contributed by atoms with E-state index in [-0.39, 0.29) is 41.9 Å². The molecule has 8 heteroatoms. The van der Waals surface area contributed by atoms with Crippen molar-refractivity contribution in [1.82, 2.24) is 9.80 Å². The van der Waals surface area contributed by atoms with Gasteiger partial charge in [-0.05, 0) is 120 Å². The summed E-state index contributed by atoms with van der Waals surface area (Å²) >= 11 is 1.76. The highest BCUT2D eigenvalue weighted by atomic mass is 35.5. The van der Waals surface area contributed by atoms with Crippen LogP contribution in [-0.2, 0) is 6.42 Å². The Hall–Kier alpha value is -1.41. The van der Waals surface area contributed by atoms with Crippen molar-refractivity contribution < 1.29 is 15.1 Å². The molecule has 0 spiro atoms. The zero-order valence-electron chi connectivity index (χ0n) is 22.9. The number of Topliss-reactive ketones (excluding diaryl/α,β-unsaturated/α-hetero) is 2. The van der Waals surface area contributed by atoms with Crippen LogP contribution in [0, 0.1) is 0 Å². The van der Waals surface area contributed by atoms with E-state index in [1.807, 2.05) is 12.1 Å². The topological polar surface area (TPSA) is 72.1 Å². The Bertz CT molecular complexity index is 1000. The quantitative estimate of drug-likeness (QED) is 0.245. The second kappa shape index (κ2) is 16.8. The summed E-state index contributed by atoms with van der Waals surface area (Å²) in [7, 11) is 0. The van der Waals surface area contributed by atoms with E-state index in [9.17, 15) is 9.59 Å². The Morgan fingerprint density at radius 1 is 0.641 bits per heavy atom. The van der Waals surface area contributed by atoms with Crippen molar-refractivity contribution in [3.63, 3.8) is 0 Å². The first-order chi connectivity index (χ1) is 17.7. The Morgan fingerprint density at radius 3 is 1.46 bits per heavy atom. The minimum Gasteiger partial charge on any atom is -0.412 e.